The van der Waals surface area contributed by atoms with E-state index in [9.17, 15) is 4.79 Å². The Morgan fingerprint density at radius 1 is 1.60 bits per heavy atom. The van der Waals surface area contributed by atoms with Crippen molar-refractivity contribution < 1.29 is 9.90 Å². The molecule has 1 aliphatic rings. The van der Waals surface area contributed by atoms with Crippen molar-refractivity contribution in [1.29, 1.82) is 0 Å². The van der Waals surface area contributed by atoms with Crippen molar-refractivity contribution in [1.82, 2.24) is 5.32 Å². The largest absolute Gasteiger partial charge is 0.480 e. The number of hydrogen-bond acceptors (Lipinski definition) is 3. The molecule has 0 aromatic heterocycles. The predicted octanol–water partition coefficient (Wildman–Crippen LogP) is 2.24. The lowest BCUT2D eigenvalue weighted by Gasteiger charge is -2.09. The van der Waals surface area contributed by atoms with Crippen molar-refractivity contribution in [3.63, 3.8) is 0 Å². The third kappa shape index (κ3) is 2.53. The van der Waals surface area contributed by atoms with Gasteiger partial charge in [-0.25, -0.2) is 0 Å². The quantitative estimate of drug-likeness (QED) is 0.876. The van der Waals surface area contributed by atoms with Gasteiger partial charge in [-0.05, 0) is 17.7 Å². The van der Waals surface area contributed by atoms with Gasteiger partial charge in [0.25, 0.3) is 0 Å². The number of benzene rings is 1. The zero-order valence-electron chi connectivity index (χ0n) is 7.81. The van der Waals surface area contributed by atoms with E-state index in [1.807, 2.05) is 24.3 Å². The Morgan fingerprint density at radius 2 is 2.40 bits per heavy atom. The molecule has 1 aromatic carbocycles. The van der Waals surface area contributed by atoms with E-state index in [0.29, 0.717) is 6.54 Å². The van der Waals surface area contributed by atoms with Crippen LogP contribution in [0.25, 0.3) is 0 Å². The second-order valence-corrected chi connectivity index (χ2v) is 5.53. The fourth-order valence-corrected chi connectivity index (χ4v) is 3.04. The van der Waals surface area contributed by atoms with E-state index in [0.717, 1.165) is 10.0 Å². The van der Waals surface area contributed by atoms with E-state index in [1.165, 1.54) is 11.8 Å². The molecule has 5 heteroatoms. The summed E-state index contributed by atoms with van der Waals surface area (Å²) in [6.45, 7) is 0.525. The summed E-state index contributed by atoms with van der Waals surface area (Å²) in [5, 5.41) is 11.8. The van der Waals surface area contributed by atoms with Gasteiger partial charge in [0.15, 0.2) is 0 Å². The Kier molecular flexibility index (Phi) is 3.33. The average molecular weight is 288 g/mol. The van der Waals surface area contributed by atoms with Gasteiger partial charge in [0.05, 0.1) is 5.37 Å². The highest BCUT2D eigenvalue weighted by molar-refractivity contribution is 9.10. The first-order valence-corrected chi connectivity index (χ1v) is 6.27. The summed E-state index contributed by atoms with van der Waals surface area (Å²) in [4.78, 5) is 10.8. The molecule has 2 N–H and O–H groups in total. The van der Waals surface area contributed by atoms with E-state index in [-0.39, 0.29) is 10.6 Å². The summed E-state index contributed by atoms with van der Waals surface area (Å²) in [5.74, 6) is -0.745. The van der Waals surface area contributed by atoms with E-state index in [1.54, 1.807) is 0 Å². The molecule has 1 fully saturated rings. The fourth-order valence-electron chi connectivity index (χ4n) is 1.49. The molecule has 0 spiro atoms. The molecule has 2 atom stereocenters. The number of carbonyl (C=O) groups is 1. The molecular weight excluding hydrogens is 278 g/mol. The van der Waals surface area contributed by atoms with Crippen molar-refractivity contribution >= 4 is 33.7 Å². The monoisotopic (exact) mass is 287 g/mol. The summed E-state index contributed by atoms with van der Waals surface area (Å²) < 4.78 is 1.01. The molecule has 15 heavy (non-hydrogen) atoms. The summed E-state index contributed by atoms with van der Waals surface area (Å²) in [6, 6.07) is 7.92. The van der Waals surface area contributed by atoms with Crippen LogP contribution in [0.15, 0.2) is 28.7 Å². The third-order valence-corrected chi connectivity index (χ3v) is 4.12. The molecule has 0 radical (unpaired) electrons. The van der Waals surface area contributed by atoms with Crippen molar-refractivity contribution in [2.24, 2.45) is 0 Å². The lowest BCUT2D eigenvalue weighted by molar-refractivity contribution is -0.136. The summed E-state index contributed by atoms with van der Waals surface area (Å²) in [6.07, 6.45) is 0. The second kappa shape index (κ2) is 4.55. The highest BCUT2D eigenvalue weighted by atomic mass is 79.9. The van der Waals surface area contributed by atoms with Gasteiger partial charge in [-0.1, -0.05) is 28.1 Å². The number of rotatable bonds is 2. The van der Waals surface area contributed by atoms with E-state index < -0.39 is 5.97 Å². The van der Waals surface area contributed by atoms with Gasteiger partial charge >= 0.3 is 5.97 Å². The van der Waals surface area contributed by atoms with Gasteiger partial charge in [-0.15, -0.1) is 11.8 Å². The van der Waals surface area contributed by atoms with Crippen molar-refractivity contribution in [2.45, 2.75) is 10.6 Å². The zero-order valence-corrected chi connectivity index (χ0v) is 10.2. The van der Waals surface area contributed by atoms with Gasteiger partial charge in [-0.3, -0.25) is 10.1 Å². The second-order valence-electron chi connectivity index (χ2n) is 3.31. The lowest BCUT2D eigenvalue weighted by atomic mass is 10.2. The van der Waals surface area contributed by atoms with Crippen LogP contribution in [0.3, 0.4) is 0 Å². The molecule has 1 heterocycles. The van der Waals surface area contributed by atoms with Crippen LogP contribution in [-0.4, -0.2) is 22.9 Å². The number of halogens is 1. The van der Waals surface area contributed by atoms with Crippen molar-refractivity contribution in [2.75, 3.05) is 6.54 Å². The summed E-state index contributed by atoms with van der Waals surface area (Å²) in [7, 11) is 0. The molecule has 0 saturated carbocycles. The first-order valence-electron chi connectivity index (χ1n) is 4.54. The molecule has 2 unspecified atom stereocenters. The summed E-state index contributed by atoms with van der Waals surface area (Å²) in [5.41, 5.74) is 1.11. The van der Waals surface area contributed by atoms with Crippen molar-refractivity contribution in [3.8, 4) is 0 Å². The molecule has 1 saturated heterocycles. The molecule has 80 valence electrons. The summed E-state index contributed by atoms with van der Waals surface area (Å²) >= 11 is 4.85. The molecule has 0 bridgehead atoms. The standard InChI is InChI=1S/C10H10BrNO2S/c11-7-3-1-2-6(4-7)9-12-5-8(15-9)10(13)14/h1-4,8-9,12H,5H2,(H,13,14). The Hall–Kier alpha value is -0.520. The Bertz CT molecular complexity index is 385. The number of aliphatic carboxylic acids is 1. The number of thioether (sulfide) groups is 1. The topological polar surface area (TPSA) is 49.3 Å². The van der Waals surface area contributed by atoms with Crippen LogP contribution in [0.2, 0.25) is 0 Å². The maximum absolute atomic E-state index is 10.8. The molecular formula is C10H10BrNO2S. The van der Waals surface area contributed by atoms with Crippen LogP contribution in [-0.2, 0) is 4.79 Å². The normalized spacial score (nSPS) is 25.4. The van der Waals surface area contributed by atoms with Gasteiger partial charge in [-0.2, -0.15) is 0 Å². The van der Waals surface area contributed by atoms with Crippen LogP contribution in [0.5, 0.6) is 0 Å². The maximum Gasteiger partial charge on any atom is 0.318 e. The number of carboxylic acids is 1. The molecule has 0 aliphatic carbocycles. The van der Waals surface area contributed by atoms with Crippen LogP contribution in [0, 0.1) is 0 Å². The van der Waals surface area contributed by atoms with Crippen LogP contribution in [0.1, 0.15) is 10.9 Å². The highest BCUT2D eigenvalue weighted by Gasteiger charge is 2.30. The highest BCUT2D eigenvalue weighted by Crippen LogP contribution is 2.35. The van der Waals surface area contributed by atoms with Crippen LogP contribution >= 0.6 is 27.7 Å². The maximum atomic E-state index is 10.8. The smallest absolute Gasteiger partial charge is 0.318 e. The minimum absolute atomic E-state index is 0.0867. The van der Waals surface area contributed by atoms with Crippen LogP contribution in [0.4, 0.5) is 0 Å². The number of carboxylic acid groups (broad SMARTS) is 1. The molecule has 1 aliphatic heterocycles. The lowest BCUT2D eigenvalue weighted by Crippen LogP contribution is -2.21. The first-order chi connectivity index (χ1) is 7.16. The molecule has 0 amide bonds. The third-order valence-electron chi connectivity index (χ3n) is 2.22. The van der Waals surface area contributed by atoms with E-state index in [2.05, 4.69) is 21.2 Å². The minimum atomic E-state index is -0.745. The van der Waals surface area contributed by atoms with Gasteiger partial charge in [0.2, 0.25) is 0 Å². The number of nitrogens with one attached hydrogen (secondary N) is 1. The Balaban J connectivity index is 2.11. The molecule has 3 nitrogen and oxygen atoms in total. The van der Waals surface area contributed by atoms with Gasteiger partial charge in [0, 0.05) is 11.0 Å². The SMILES string of the molecule is O=C(O)C1CNC(c2cccc(Br)c2)S1. The van der Waals surface area contributed by atoms with E-state index >= 15 is 0 Å². The molecule has 1 aromatic rings. The number of hydrogen-bond donors (Lipinski definition) is 2. The first kappa shape index (κ1) is 11.0. The van der Waals surface area contributed by atoms with Gasteiger partial charge in [0.1, 0.15) is 5.25 Å². The zero-order chi connectivity index (χ0) is 10.8. The van der Waals surface area contributed by atoms with E-state index in [4.69, 9.17) is 5.11 Å². The predicted molar refractivity (Wildman–Crippen MR) is 63.9 cm³/mol. The molecule has 2 rings (SSSR count). The van der Waals surface area contributed by atoms with Gasteiger partial charge < -0.3 is 5.11 Å². The van der Waals surface area contributed by atoms with Crippen LogP contribution < -0.4 is 5.32 Å². The fraction of sp³-hybridized carbons (Fsp3) is 0.300. The Labute approximate surface area is 100 Å². The minimum Gasteiger partial charge on any atom is -0.480 e. The van der Waals surface area contributed by atoms with Crippen molar-refractivity contribution in [3.05, 3.63) is 34.3 Å². The average Bonchev–Trinajstić information content (AvgIpc) is 2.66. The Morgan fingerprint density at radius 3 is 3.00 bits per heavy atom.